The number of hydrogen-bond donors (Lipinski definition) is 3. The molecule has 1 aromatic carbocycles. The minimum absolute atomic E-state index is 0.0150. The number of rotatable bonds is 5. The maximum absolute atomic E-state index is 15.2. The molecule has 0 aliphatic heterocycles. The summed E-state index contributed by atoms with van der Waals surface area (Å²) in [6.45, 7) is 2.07. The van der Waals surface area contributed by atoms with Crippen molar-refractivity contribution in [3.8, 4) is 33.1 Å². The zero-order valence-corrected chi connectivity index (χ0v) is 21.2. The summed E-state index contributed by atoms with van der Waals surface area (Å²) in [7, 11) is 0. The molecule has 1 amide bonds. The van der Waals surface area contributed by atoms with Crippen LogP contribution < -0.4 is 5.32 Å². The van der Waals surface area contributed by atoms with E-state index in [1.807, 2.05) is 6.07 Å². The highest BCUT2D eigenvalue weighted by Crippen LogP contribution is 2.36. The number of imidazole rings is 1. The molecule has 1 saturated carbocycles. The molecule has 0 unspecified atom stereocenters. The molecule has 8 nitrogen and oxygen atoms in total. The number of nitrogens with one attached hydrogen (secondary N) is 3. The first-order chi connectivity index (χ1) is 18.5. The topological polar surface area (TPSA) is 112 Å². The molecular formula is C28H22FN7OS. The van der Waals surface area contributed by atoms with Gasteiger partial charge in [-0.2, -0.15) is 5.10 Å². The molecule has 188 valence electrons. The van der Waals surface area contributed by atoms with E-state index < -0.39 is 5.82 Å². The fourth-order valence-corrected chi connectivity index (χ4v) is 5.72. The summed E-state index contributed by atoms with van der Waals surface area (Å²) < 4.78 is 15.2. The number of nitrogens with zero attached hydrogens (tertiary/aromatic N) is 4. The van der Waals surface area contributed by atoms with Crippen LogP contribution in [-0.4, -0.2) is 36.0 Å². The van der Waals surface area contributed by atoms with E-state index in [9.17, 15) is 4.79 Å². The van der Waals surface area contributed by atoms with Crippen LogP contribution in [0.5, 0.6) is 0 Å². The normalized spacial score (nSPS) is 13.7. The van der Waals surface area contributed by atoms with Crippen molar-refractivity contribution in [2.24, 2.45) is 5.92 Å². The molecule has 1 aliphatic rings. The second-order valence-electron chi connectivity index (χ2n) is 9.58. The van der Waals surface area contributed by atoms with Gasteiger partial charge in [0.2, 0.25) is 5.91 Å². The van der Waals surface area contributed by atoms with Gasteiger partial charge in [-0.1, -0.05) is 6.42 Å². The Hall–Kier alpha value is -4.44. The van der Waals surface area contributed by atoms with Gasteiger partial charge in [-0.15, -0.1) is 11.3 Å². The average Bonchev–Trinajstić information content (AvgIpc) is 3.59. The number of halogens is 1. The van der Waals surface area contributed by atoms with Crippen molar-refractivity contribution in [1.29, 1.82) is 0 Å². The zero-order chi connectivity index (χ0) is 25.8. The monoisotopic (exact) mass is 523 g/mol. The van der Waals surface area contributed by atoms with Crippen LogP contribution in [0.2, 0.25) is 0 Å². The first-order valence-corrected chi connectivity index (χ1v) is 13.2. The third-order valence-electron chi connectivity index (χ3n) is 7.07. The molecule has 0 radical (unpaired) electrons. The molecule has 3 N–H and O–H groups in total. The third-order valence-corrected chi connectivity index (χ3v) is 8.10. The number of H-pyrrole nitrogens is 2. The van der Waals surface area contributed by atoms with Gasteiger partial charge < -0.3 is 10.3 Å². The lowest BCUT2D eigenvalue weighted by Crippen LogP contribution is -2.28. The molecule has 0 bridgehead atoms. The Balaban J connectivity index is 1.29. The molecule has 6 aromatic rings. The molecule has 0 saturated heterocycles. The molecule has 5 aromatic heterocycles. The molecule has 38 heavy (non-hydrogen) atoms. The molecule has 5 heterocycles. The van der Waals surface area contributed by atoms with E-state index in [0.29, 0.717) is 44.9 Å². The van der Waals surface area contributed by atoms with Gasteiger partial charge in [0.15, 0.2) is 11.5 Å². The molecule has 1 aliphatic carbocycles. The Kier molecular flexibility index (Phi) is 5.29. The van der Waals surface area contributed by atoms with Crippen LogP contribution in [0.4, 0.5) is 10.1 Å². The molecule has 10 heteroatoms. The Morgan fingerprint density at radius 3 is 2.82 bits per heavy atom. The van der Waals surface area contributed by atoms with E-state index in [1.54, 1.807) is 42.1 Å². The van der Waals surface area contributed by atoms with E-state index in [0.717, 1.165) is 35.2 Å². The maximum Gasteiger partial charge on any atom is 0.227 e. The van der Waals surface area contributed by atoms with Crippen molar-refractivity contribution < 1.29 is 9.18 Å². The summed E-state index contributed by atoms with van der Waals surface area (Å²) in [5.74, 6) is 0.150. The van der Waals surface area contributed by atoms with Crippen LogP contribution in [0.25, 0.3) is 55.2 Å². The van der Waals surface area contributed by atoms with Crippen LogP contribution in [-0.2, 0) is 4.79 Å². The lowest BCUT2D eigenvalue weighted by atomic mass is 9.85. The largest absolute Gasteiger partial charge is 0.335 e. The average molecular weight is 524 g/mol. The minimum Gasteiger partial charge on any atom is -0.335 e. The number of hydrogen-bond acceptors (Lipinski definition) is 6. The molecular weight excluding hydrogens is 501 g/mol. The van der Waals surface area contributed by atoms with Gasteiger partial charge >= 0.3 is 0 Å². The predicted molar refractivity (Wildman–Crippen MR) is 146 cm³/mol. The lowest BCUT2D eigenvalue weighted by molar-refractivity contribution is -0.122. The molecule has 0 atom stereocenters. The Labute approximate surface area is 220 Å². The summed E-state index contributed by atoms with van der Waals surface area (Å²) in [4.78, 5) is 31.5. The fraction of sp³-hybridized carbons (Fsp3) is 0.179. The number of aryl methyl sites for hydroxylation is 1. The van der Waals surface area contributed by atoms with E-state index in [-0.39, 0.29) is 11.8 Å². The van der Waals surface area contributed by atoms with Gasteiger partial charge in [-0.05, 0) is 50.1 Å². The van der Waals surface area contributed by atoms with E-state index in [2.05, 4.69) is 49.5 Å². The van der Waals surface area contributed by atoms with Gasteiger partial charge in [-0.3, -0.25) is 14.9 Å². The maximum atomic E-state index is 15.2. The van der Waals surface area contributed by atoms with E-state index in [4.69, 9.17) is 4.98 Å². The van der Waals surface area contributed by atoms with Crippen molar-refractivity contribution in [3.05, 3.63) is 65.7 Å². The number of aromatic nitrogens is 6. The SMILES string of the molecule is Cc1ccc(-c2ccnc3nc(-c4n[nH]c5cc(F)c(-c6cncc(NC(=O)C7CCC7)c6)cc45)[nH]c23)s1. The molecule has 1 fully saturated rings. The highest BCUT2D eigenvalue weighted by atomic mass is 32.1. The second kappa shape index (κ2) is 8.84. The lowest BCUT2D eigenvalue weighted by Gasteiger charge is -2.24. The second-order valence-corrected chi connectivity index (χ2v) is 10.9. The van der Waals surface area contributed by atoms with Crippen molar-refractivity contribution in [3.63, 3.8) is 0 Å². The van der Waals surface area contributed by atoms with Crippen molar-refractivity contribution in [1.82, 2.24) is 30.1 Å². The summed E-state index contributed by atoms with van der Waals surface area (Å²) in [6.07, 6.45) is 7.79. The summed E-state index contributed by atoms with van der Waals surface area (Å²) in [5, 5.41) is 11.0. The van der Waals surface area contributed by atoms with Gasteiger partial charge in [0.25, 0.3) is 0 Å². The smallest absolute Gasteiger partial charge is 0.227 e. The van der Waals surface area contributed by atoms with E-state index >= 15 is 4.39 Å². The number of amides is 1. The minimum atomic E-state index is -0.418. The van der Waals surface area contributed by atoms with Crippen molar-refractivity contribution in [2.45, 2.75) is 26.2 Å². The van der Waals surface area contributed by atoms with Crippen molar-refractivity contribution in [2.75, 3.05) is 5.32 Å². The van der Waals surface area contributed by atoms with Gasteiger partial charge in [0.1, 0.15) is 11.5 Å². The molecule has 7 rings (SSSR count). The predicted octanol–water partition coefficient (Wildman–Crippen LogP) is 6.48. The van der Waals surface area contributed by atoms with Gasteiger partial charge in [-0.25, -0.2) is 14.4 Å². The van der Waals surface area contributed by atoms with Crippen molar-refractivity contribution >= 4 is 45.0 Å². The summed E-state index contributed by atoms with van der Waals surface area (Å²) in [5.41, 5.74) is 5.00. The highest BCUT2D eigenvalue weighted by Gasteiger charge is 2.25. The summed E-state index contributed by atoms with van der Waals surface area (Å²) >= 11 is 1.71. The number of thiophene rings is 1. The Bertz CT molecular complexity index is 1850. The van der Waals surface area contributed by atoms with Crippen LogP contribution in [0.3, 0.4) is 0 Å². The quantitative estimate of drug-likeness (QED) is 0.239. The number of pyridine rings is 2. The fourth-order valence-electron chi connectivity index (χ4n) is 4.82. The molecule has 0 spiro atoms. The summed E-state index contributed by atoms with van der Waals surface area (Å²) in [6, 6.07) is 11.0. The third kappa shape index (κ3) is 3.84. The number of benzene rings is 1. The van der Waals surface area contributed by atoms with E-state index in [1.165, 1.54) is 10.9 Å². The first-order valence-electron chi connectivity index (χ1n) is 12.4. The van der Waals surface area contributed by atoms with Crippen LogP contribution in [0, 0.1) is 18.7 Å². The zero-order valence-electron chi connectivity index (χ0n) is 20.4. The number of aromatic amines is 2. The van der Waals surface area contributed by atoms with Gasteiger partial charge in [0.05, 0.1) is 22.9 Å². The van der Waals surface area contributed by atoms with Crippen LogP contribution in [0.15, 0.2) is 55.0 Å². The van der Waals surface area contributed by atoms with Crippen LogP contribution in [0.1, 0.15) is 24.1 Å². The number of carbonyl (C=O) groups excluding carboxylic acids is 1. The standard InChI is InChI=1S/C28H22FN7OS/c1-14-5-6-23(38-14)18-7-8-31-26-24(18)33-27(34-26)25-20-10-19(21(29)11-22(20)35-36-25)16-9-17(13-30-12-16)32-28(37)15-3-2-4-15/h5-13,15H,2-4H2,1H3,(H,32,37)(H,35,36)(H,31,33,34). The van der Waals surface area contributed by atoms with Gasteiger partial charge in [0, 0.05) is 56.2 Å². The highest BCUT2D eigenvalue weighted by molar-refractivity contribution is 7.15. The first kappa shape index (κ1) is 22.7. The van der Waals surface area contributed by atoms with Crippen LogP contribution >= 0.6 is 11.3 Å². The Morgan fingerprint density at radius 2 is 2.03 bits per heavy atom. The number of carbonyl (C=O) groups is 1. The number of fused-ring (bicyclic) bond motifs is 2. The number of anilines is 1. The Morgan fingerprint density at radius 1 is 1.13 bits per heavy atom.